The molecule has 0 unspecified atom stereocenters. The molecule has 0 radical (unpaired) electrons. The molecule has 2 rings (SSSR count). The second-order valence-corrected chi connectivity index (χ2v) is 4.90. The summed E-state index contributed by atoms with van der Waals surface area (Å²) >= 11 is 0. The van der Waals surface area contributed by atoms with Gasteiger partial charge in [-0.3, -0.25) is 0 Å². The van der Waals surface area contributed by atoms with Crippen LogP contribution in [0.3, 0.4) is 0 Å². The van der Waals surface area contributed by atoms with E-state index >= 15 is 0 Å². The van der Waals surface area contributed by atoms with Gasteiger partial charge >= 0.3 is 0 Å². The highest BCUT2D eigenvalue weighted by atomic mass is 15.2. The molecule has 0 bridgehead atoms. The Labute approximate surface area is 114 Å². The van der Waals surface area contributed by atoms with Crippen molar-refractivity contribution in [2.45, 2.75) is 33.2 Å². The van der Waals surface area contributed by atoms with Crippen molar-refractivity contribution in [3.8, 4) is 0 Å². The average molecular weight is 258 g/mol. The molecule has 0 atom stereocenters. The lowest BCUT2D eigenvalue weighted by Gasteiger charge is -2.27. The van der Waals surface area contributed by atoms with Crippen LogP contribution in [0, 0.1) is 0 Å². The lowest BCUT2D eigenvalue weighted by atomic mass is 10.2. The van der Waals surface area contributed by atoms with Crippen LogP contribution in [0.4, 0.5) is 5.82 Å². The van der Waals surface area contributed by atoms with Crippen LogP contribution in [0.2, 0.25) is 0 Å². The predicted molar refractivity (Wildman–Crippen MR) is 80.5 cm³/mol. The number of rotatable bonds is 5. The molecule has 4 heteroatoms. The van der Waals surface area contributed by atoms with E-state index in [1.54, 1.807) is 0 Å². The Morgan fingerprint density at radius 2 is 1.95 bits per heavy atom. The van der Waals surface area contributed by atoms with E-state index in [9.17, 15) is 0 Å². The highest BCUT2D eigenvalue weighted by molar-refractivity contribution is 5.89. The molecule has 19 heavy (non-hydrogen) atoms. The van der Waals surface area contributed by atoms with Crippen molar-refractivity contribution in [1.29, 1.82) is 0 Å². The number of hydrogen-bond acceptors (Lipinski definition) is 4. The van der Waals surface area contributed by atoms with Crippen LogP contribution < -0.4 is 10.6 Å². The monoisotopic (exact) mass is 258 g/mol. The first-order chi connectivity index (χ1) is 9.17. The number of aromatic nitrogens is 2. The van der Waals surface area contributed by atoms with E-state index in [0.29, 0.717) is 19.0 Å². The third kappa shape index (κ3) is 2.84. The molecule has 1 heterocycles. The van der Waals surface area contributed by atoms with E-state index in [4.69, 9.17) is 10.7 Å². The van der Waals surface area contributed by atoms with Crippen molar-refractivity contribution < 1.29 is 0 Å². The number of nitrogens with zero attached hydrogens (tertiary/aromatic N) is 3. The Bertz CT molecular complexity index is 551. The Kier molecular flexibility index (Phi) is 4.32. The number of benzene rings is 1. The van der Waals surface area contributed by atoms with Crippen molar-refractivity contribution >= 4 is 16.7 Å². The Hall–Kier alpha value is -1.68. The lowest BCUT2D eigenvalue weighted by molar-refractivity contribution is 0.691. The summed E-state index contributed by atoms with van der Waals surface area (Å²) in [5.74, 6) is 1.85. The van der Waals surface area contributed by atoms with Crippen molar-refractivity contribution in [1.82, 2.24) is 9.97 Å². The largest absolute Gasteiger partial charge is 0.354 e. The smallest absolute Gasteiger partial charge is 0.140 e. The molecule has 102 valence electrons. The van der Waals surface area contributed by atoms with Crippen LogP contribution in [-0.4, -0.2) is 29.1 Å². The summed E-state index contributed by atoms with van der Waals surface area (Å²) in [6.07, 6.45) is 0.716. The van der Waals surface area contributed by atoms with E-state index in [1.807, 2.05) is 18.2 Å². The third-order valence-electron chi connectivity index (χ3n) is 3.23. The molecule has 4 nitrogen and oxygen atoms in total. The summed E-state index contributed by atoms with van der Waals surface area (Å²) in [6, 6.07) is 8.58. The molecule has 2 N–H and O–H groups in total. The first kappa shape index (κ1) is 13.7. The fourth-order valence-electron chi connectivity index (χ4n) is 2.33. The molecule has 0 saturated carbocycles. The molecule has 0 aliphatic carbocycles. The van der Waals surface area contributed by atoms with E-state index in [2.05, 4.69) is 36.7 Å². The zero-order valence-electron chi connectivity index (χ0n) is 11.9. The van der Waals surface area contributed by atoms with Crippen LogP contribution in [0.15, 0.2) is 24.3 Å². The van der Waals surface area contributed by atoms with E-state index in [0.717, 1.165) is 29.1 Å². The van der Waals surface area contributed by atoms with E-state index in [1.165, 1.54) is 0 Å². The molecule has 0 amide bonds. The number of anilines is 1. The second kappa shape index (κ2) is 5.97. The number of nitrogens with two attached hydrogens (primary N) is 1. The van der Waals surface area contributed by atoms with Crippen molar-refractivity contribution in [3.05, 3.63) is 30.1 Å². The molecule has 1 aromatic carbocycles. The lowest BCUT2D eigenvalue weighted by Crippen LogP contribution is -2.31. The molecule has 0 fully saturated rings. The quantitative estimate of drug-likeness (QED) is 0.894. The molecule has 0 spiro atoms. The van der Waals surface area contributed by atoms with Gasteiger partial charge in [-0.05, 0) is 39.4 Å². The fraction of sp³-hybridized carbons (Fsp3) is 0.467. The first-order valence-corrected chi connectivity index (χ1v) is 6.89. The van der Waals surface area contributed by atoms with Crippen molar-refractivity contribution in [2.75, 3.05) is 18.0 Å². The predicted octanol–water partition coefficient (Wildman–Crippen LogP) is 2.37. The zero-order chi connectivity index (χ0) is 13.8. The number of fused-ring (bicyclic) bond motifs is 1. The molecule has 0 saturated heterocycles. The van der Waals surface area contributed by atoms with Gasteiger partial charge in [-0.15, -0.1) is 0 Å². The van der Waals surface area contributed by atoms with Crippen LogP contribution in [0.25, 0.3) is 10.9 Å². The van der Waals surface area contributed by atoms with Crippen LogP contribution >= 0.6 is 0 Å². The van der Waals surface area contributed by atoms with Crippen molar-refractivity contribution in [3.63, 3.8) is 0 Å². The highest BCUT2D eigenvalue weighted by Gasteiger charge is 2.15. The Balaban J connectivity index is 2.61. The number of hydrogen-bond donors (Lipinski definition) is 1. The minimum Gasteiger partial charge on any atom is -0.354 e. The van der Waals surface area contributed by atoms with Crippen LogP contribution in [0.1, 0.15) is 26.6 Å². The van der Waals surface area contributed by atoms with Gasteiger partial charge in [-0.25, -0.2) is 9.97 Å². The summed E-state index contributed by atoms with van der Waals surface area (Å²) < 4.78 is 0. The minimum absolute atomic E-state index is 0.411. The molecule has 2 aromatic rings. The average Bonchev–Trinajstić information content (AvgIpc) is 2.39. The standard InChI is InChI=1S/C15H22N4/c1-4-19(11(2)3)15-12-7-5-6-8-13(12)17-14(18-15)9-10-16/h5-8,11H,4,9-10,16H2,1-3H3. The van der Waals surface area contributed by atoms with Gasteiger partial charge in [-0.2, -0.15) is 0 Å². The van der Waals surface area contributed by atoms with Gasteiger partial charge in [0.05, 0.1) is 5.52 Å². The number of para-hydroxylation sites is 1. The summed E-state index contributed by atoms with van der Waals surface area (Å²) in [5, 5.41) is 1.11. The van der Waals surface area contributed by atoms with Crippen molar-refractivity contribution in [2.24, 2.45) is 5.73 Å². The maximum atomic E-state index is 5.63. The normalized spacial score (nSPS) is 11.2. The van der Waals surface area contributed by atoms with Crippen LogP contribution in [-0.2, 0) is 6.42 Å². The van der Waals surface area contributed by atoms with E-state index in [-0.39, 0.29) is 0 Å². The molecule has 0 aliphatic heterocycles. The molecule has 1 aromatic heterocycles. The molecule has 0 aliphatic rings. The van der Waals surface area contributed by atoms with E-state index < -0.39 is 0 Å². The van der Waals surface area contributed by atoms with Gasteiger partial charge in [0.2, 0.25) is 0 Å². The molecular weight excluding hydrogens is 236 g/mol. The maximum absolute atomic E-state index is 5.63. The van der Waals surface area contributed by atoms with Gasteiger partial charge in [-0.1, -0.05) is 12.1 Å². The summed E-state index contributed by atoms with van der Waals surface area (Å²) in [7, 11) is 0. The Morgan fingerprint density at radius 1 is 1.21 bits per heavy atom. The topological polar surface area (TPSA) is 55.0 Å². The second-order valence-electron chi connectivity index (χ2n) is 4.90. The van der Waals surface area contributed by atoms with Gasteiger partial charge in [0.15, 0.2) is 0 Å². The third-order valence-corrected chi connectivity index (χ3v) is 3.23. The van der Waals surface area contributed by atoms with Gasteiger partial charge in [0.25, 0.3) is 0 Å². The van der Waals surface area contributed by atoms with Gasteiger partial charge < -0.3 is 10.6 Å². The Morgan fingerprint density at radius 3 is 2.58 bits per heavy atom. The zero-order valence-corrected chi connectivity index (χ0v) is 11.9. The summed E-state index contributed by atoms with van der Waals surface area (Å²) in [6.45, 7) is 8.03. The fourth-order valence-corrected chi connectivity index (χ4v) is 2.33. The highest BCUT2D eigenvalue weighted by Crippen LogP contribution is 2.25. The maximum Gasteiger partial charge on any atom is 0.140 e. The first-order valence-electron chi connectivity index (χ1n) is 6.89. The van der Waals surface area contributed by atoms with Gasteiger partial charge in [0.1, 0.15) is 11.6 Å². The van der Waals surface area contributed by atoms with Crippen LogP contribution in [0.5, 0.6) is 0 Å². The SMILES string of the molecule is CCN(c1nc(CCN)nc2ccccc12)C(C)C. The molecular formula is C15H22N4. The summed E-state index contributed by atoms with van der Waals surface area (Å²) in [4.78, 5) is 11.6. The summed E-state index contributed by atoms with van der Waals surface area (Å²) in [5.41, 5.74) is 6.62. The van der Waals surface area contributed by atoms with Gasteiger partial charge in [0, 0.05) is 24.4 Å². The minimum atomic E-state index is 0.411.